The predicted molar refractivity (Wildman–Crippen MR) is 120 cm³/mol. The number of amides is 1. The monoisotopic (exact) mass is 395 g/mol. The van der Waals surface area contributed by atoms with Gasteiger partial charge in [-0.2, -0.15) is 0 Å². The maximum Gasteiger partial charge on any atom is 0.255 e. The highest BCUT2D eigenvalue weighted by molar-refractivity contribution is 6.04. The summed E-state index contributed by atoms with van der Waals surface area (Å²) in [6.07, 6.45) is 1.02. The zero-order chi connectivity index (χ0) is 20.6. The van der Waals surface area contributed by atoms with Crippen LogP contribution in [-0.4, -0.2) is 50.1 Å². The molecule has 29 heavy (non-hydrogen) atoms. The number of ether oxygens (including phenoxy) is 1. The van der Waals surface area contributed by atoms with Crippen molar-refractivity contribution in [3.63, 3.8) is 0 Å². The molecule has 156 valence electrons. The van der Waals surface area contributed by atoms with Crippen LogP contribution in [0.5, 0.6) is 5.75 Å². The molecule has 0 bridgehead atoms. The quantitative estimate of drug-likeness (QED) is 0.714. The van der Waals surface area contributed by atoms with E-state index in [1.165, 1.54) is 5.69 Å². The molecule has 0 aliphatic carbocycles. The van der Waals surface area contributed by atoms with Crippen LogP contribution in [0.1, 0.15) is 37.6 Å². The minimum absolute atomic E-state index is 0.108. The van der Waals surface area contributed by atoms with E-state index in [-0.39, 0.29) is 5.91 Å². The average molecular weight is 396 g/mol. The van der Waals surface area contributed by atoms with Crippen molar-refractivity contribution in [3.8, 4) is 5.75 Å². The van der Waals surface area contributed by atoms with Crippen LogP contribution in [0.25, 0.3) is 0 Å². The van der Waals surface area contributed by atoms with E-state index < -0.39 is 0 Å². The number of anilines is 2. The fourth-order valence-electron chi connectivity index (χ4n) is 3.40. The van der Waals surface area contributed by atoms with Gasteiger partial charge in [0.25, 0.3) is 5.91 Å². The summed E-state index contributed by atoms with van der Waals surface area (Å²) in [6, 6.07) is 15.4. The predicted octanol–water partition coefficient (Wildman–Crippen LogP) is 4.51. The molecule has 1 amide bonds. The molecular weight excluding hydrogens is 362 g/mol. The first-order valence-corrected chi connectivity index (χ1v) is 10.7. The Morgan fingerprint density at radius 3 is 2.24 bits per heavy atom. The summed E-state index contributed by atoms with van der Waals surface area (Å²) >= 11 is 0. The molecule has 1 fully saturated rings. The fraction of sp³-hybridized carbons (Fsp3) is 0.458. The average Bonchev–Trinajstić information content (AvgIpc) is 2.74. The van der Waals surface area contributed by atoms with Gasteiger partial charge in [-0.05, 0) is 67.4 Å². The summed E-state index contributed by atoms with van der Waals surface area (Å²) < 4.78 is 5.72. The third kappa shape index (κ3) is 6.23. The molecule has 0 radical (unpaired) electrons. The number of piperazine rings is 1. The SMILES string of the molecule is CCN1CCN(c2ccc(NC(=O)c3ccc(OCCC(C)C)cc3)cc2)CC1. The van der Waals surface area contributed by atoms with E-state index >= 15 is 0 Å². The Bertz CT molecular complexity index is 764. The number of hydrogen-bond donors (Lipinski definition) is 1. The first kappa shape index (κ1) is 21.2. The second-order valence-electron chi connectivity index (χ2n) is 7.98. The van der Waals surface area contributed by atoms with Crippen molar-refractivity contribution in [2.24, 2.45) is 5.92 Å². The van der Waals surface area contributed by atoms with E-state index in [0.29, 0.717) is 18.1 Å². The lowest BCUT2D eigenvalue weighted by molar-refractivity contribution is 0.102. The topological polar surface area (TPSA) is 44.8 Å². The summed E-state index contributed by atoms with van der Waals surface area (Å²) in [5.41, 5.74) is 2.64. The Hall–Kier alpha value is -2.53. The van der Waals surface area contributed by atoms with E-state index in [2.05, 4.69) is 48.0 Å². The number of carbonyl (C=O) groups excluding carboxylic acids is 1. The Morgan fingerprint density at radius 1 is 1.00 bits per heavy atom. The third-order valence-electron chi connectivity index (χ3n) is 5.39. The Labute approximate surface area is 174 Å². The molecule has 1 aliphatic heterocycles. The lowest BCUT2D eigenvalue weighted by Crippen LogP contribution is -2.46. The van der Waals surface area contributed by atoms with Gasteiger partial charge in [0.15, 0.2) is 0 Å². The van der Waals surface area contributed by atoms with Gasteiger partial charge in [-0.15, -0.1) is 0 Å². The molecule has 3 rings (SSSR count). The molecule has 1 saturated heterocycles. The van der Waals surface area contributed by atoms with Gasteiger partial charge in [-0.25, -0.2) is 0 Å². The third-order valence-corrected chi connectivity index (χ3v) is 5.39. The van der Waals surface area contributed by atoms with Crippen LogP contribution >= 0.6 is 0 Å². The largest absolute Gasteiger partial charge is 0.494 e. The van der Waals surface area contributed by atoms with Crippen LogP contribution in [0, 0.1) is 5.92 Å². The molecule has 0 aromatic heterocycles. The van der Waals surface area contributed by atoms with Crippen molar-refractivity contribution >= 4 is 17.3 Å². The maximum absolute atomic E-state index is 12.5. The van der Waals surface area contributed by atoms with E-state index in [1.54, 1.807) is 0 Å². The van der Waals surface area contributed by atoms with Crippen LogP contribution < -0.4 is 15.0 Å². The summed E-state index contributed by atoms with van der Waals surface area (Å²) in [4.78, 5) is 17.4. The highest BCUT2D eigenvalue weighted by Crippen LogP contribution is 2.20. The zero-order valence-corrected chi connectivity index (χ0v) is 17.9. The van der Waals surface area contributed by atoms with E-state index in [1.807, 2.05) is 36.4 Å². The van der Waals surface area contributed by atoms with E-state index in [9.17, 15) is 4.79 Å². The molecule has 0 atom stereocenters. The zero-order valence-electron chi connectivity index (χ0n) is 17.9. The fourth-order valence-corrected chi connectivity index (χ4v) is 3.40. The smallest absolute Gasteiger partial charge is 0.255 e. The number of carbonyl (C=O) groups is 1. The van der Waals surface area contributed by atoms with Crippen molar-refractivity contribution in [1.82, 2.24) is 4.90 Å². The van der Waals surface area contributed by atoms with Crippen molar-refractivity contribution in [3.05, 3.63) is 54.1 Å². The van der Waals surface area contributed by atoms with Crippen molar-refractivity contribution in [2.45, 2.75) is 27.2 Å². The first-order chi connectivity index (χ1) is 14.0. The molecule has 2 aromatic rings. The van der Waals surface area contributed by atoms with Crippen molar-refractivity contribution < 1.29 is 9.53 Å². The summed E-state index contributed by atoms with van der Waals surface area (Å²) in [5, 5.41) is 2.98. The number of benzene rings is 2. The van der Waals surface area contributed by atoms with Gasteiger partial charge < -0.3 is 19.9 Å². The minimum Gasteiger partial charge on any atom is -0.494 e. The molecule has 1 aliphatic rings. The molecule has 5 nitrogen and oxygen atoms in total. The molecule has 0 spiro atoms. The van der Waals surface area contributed by atoms with E-state index in [0.717, 1.165) is 50.6 Å². The summed E-state index contributed by atoms with van der Waals surface area (Å²) in [6.45, 7) is 12.7. The van der Waals surface area contributed by atoms with Crippen LogP contribution in [0.2, 0.25) is 0 Å². The molecule has 5 heteroatoms. The number of nitrogens with zero attached hydrogens (tertiary/aromatic N) is 2. The second-order valence-corrected chi connectivity index (χ2v) is 7.98. The normalized spacial score (nSPS) is 14.8. The van der Waals surface area contributed by atoms with Crippen LogP contribution in [0.4, 0.5) is 11.4 Å². The van der Waals surface area contributed by atoms with Crippen LogP contribution in [0.15, 0.2) is 48.5 Å². The summed E-state index contributed by atoms with van der Waals surface area (Å²) in [5.74, 6) is 1.31. The second kappa shape index (κ2) is 10.3. The van der Waals surface area contributed by atoms with Crippen LogP contribution in [-0.2, 0) is 0 Å². The molecule has 1 N–H and O–H groups in total. The number of hydrogen-bond acceptors (Lipinski definition) is 4. The molecule has 2 aromatic carbocycles. The van der Waals surface area contributed by atoms with E-state index in [4.69, 9.17) is 4.74 Å². The lowest BCUT2D eigenvalue weighted by Gasteiger charge is -2.35. The van der Waals surface area contributed by atoms with Gasteiger partial charge in [-0.1, -0.05) is 20.8 Å². The Balaban J connectivity index is 1.51. The maximum atomic E-state index is 12.5. The van der Waals surface area contributed by atoms with Crippen LogP contribution in [0.3, 0.4) is 0 Å². The Kier molecular flexibility index (Phi) is 7.53. The van der Waals surface area contributed by atoms with Crippen molar-refractivity contribution in [2.75, 3.05) is 49.5 Å². The number of rotatable bonds is 8. The summed E-state index contributed by atoms with van der Waals surface area (Å²) in [7, 11) is 0. The lowest BCUT2D eigenvalue weighted by atomic mass is 10.1. The standard InChI is InChI=1S/C24H33N3O2/c1-4-26-14-16-27(17-15-26)22-9-7-21(8-10-22)25-24(28)20-5-11-23(12-6-20)29-18-13-19(2)3/h5-12,19H,4,13-18H2,1-3H3,(H,25,28). The number of nitrogens with one attached hydrogen (secondary N) is 1. The number of likely N-dealkylation sites (N-methyl/N-ethyl adjacent to an activating group) is 1. The van der Waals surface area contributed by atoms with Crippen molar-refractivity contribution in [1.29, 1.82) is 0 Å². The minimum atomic E-state index is -0.108. The highest BCUT2D eigenvalue weighted by Gasteiger charge is 2.15. The van der Waals surface area contributed by atoms with Gasteiger partial charge in [0, 0.05) is 43.1 Å². The van der Waals surface area contributed by atoms with Gasteiger partial charge in [-0.3, -0.25) is 4.79 Å². The molecule has 0 saturated carbocycles. The Morgan fingerprint density at radius 2 is 1.66 bits per heavy atom. The molecule has 1 heterocycles. The van der Waals surface area contributed by atoms with Gasteiger partial charge >= 0.3 is 0 Å². The first-order valence-electron chi connectivity index (χ1n) is 10.7. The molecular formula is C24H33N3O2. The highest BCUT2D eigenvalue weighted by atomic mass is 16.5. The van der Waals surface area contributed by atoms with Gasteiger partial charge in [0.05, 0.1) is 6.61 Å². The van der Waals surface area contributed by atoms with Gasteiger partial charge in [0.2, 0.25) is 0 Å². The molecule has 0 unspecified atom stereocenters. The van der Waals surface area contributed by atoms with Gasteiger partial charge in [0.1, 0.15) is 5.75 Å².